The van der Waals surface area contributed by atoms with E-state index in [2.05, 4.69) is 4.74 Å². The molecular formula is C26H22F6O. The molecule has 1 atom stereocenters. The number of fused-ring (bicyclic) bond motifs is 1. The van der Waals surface area contributed by atoms with Crippen molar-refractivity contribution < 1.29 is 31.1 Å². The number of aryl methyl sites for hydroxylation is 1. The molecule has 0 aliphatic heterocycles. The molecular weight excluding hydrogens is 442 g/mol. The quantitative estimate of drug-likeness (QED) is 0.349. The zero-order valence-corrected chi connectivity index (χ0v) is 17.9. The summed E-state index contributed by atoms with van der Waals surface area (Å²) >= 11 is 0. The van der Waals surface area contributed by atoms with Gasteiger partial charge in [0.25, 0.3) is 0 Å². The van der Waals surface area contributed by atoms with Crippen molar-refractivity contribution in [3.8, 4) is 16.9 Å². The summed E-state index contributed by atoms with van der Waals surface area (Å²) in [5.41, 5.74) is 2.14. The van der Waals surface area contributed by atoms with Crippen molar-refractivity contribution in [2.45, 2.75) is 51.3 Å². The summed E-state index contributed by atoms with van der Waals surface area (Å²) in [6.07, 6.45) is -2.02. The summed E-state index contributed by atoms with van der Waals surface area (Å²) < 4.78 is 85.8. The van der Waals surface area contributed by atoms with Gasteiger partial charge in [-0.3, -0.25) is 0 Å². The molecule has 7 heteroatoms. The lowest BCUT2D eigenvalue weighted by Crippen LogP contribution is -2.17. The Hall–Kier alpha value is -2.96. The van der Waals surface area contributed by atoms with E-state index < -0.39 is 23.7 Å². The molecule has 1 nitrogen and oxygen atoms in total. The normalized spacial score (nSPS) is 15.9. The molecule has 33 heavy (non-hydrogen) atoms. The summed E-state index contributed by atoms with van der Waals surface area (Å²) in [4.78, 5) is 0. The minimum Gasteiger partial charge on any atom is -0.406 e. The number of ether oxygens (including phenoxy) is 1. The average molecular weight is 464 g/mol. The van der Waals surface area contributed by atoms with Crippen LogP contribution in [0.3, 0.4) is 0 Å². The molecule has 1 aliphatic carbocycles. The molecule has 0 amide bonds. The number of hydrogen-bond acceptors (Lipinski definition) is 1. The maximum absolute atomic E-state index is 15.3. The SMILES string of the molecule is CCCc1ccc(C2CCc3c(cc(F)c(-c4ccc(OC(F)(F)F)cc4)c3F)C2)c(F)c1. The van der Waals surface area contributed by atoms with Crippen LogP contribution in [0.4, 0.5) is 26.3 Å². The second-order valence-electron chi connectivity index (χ2n) is 8.30. The predicted octanol–water partition coefficient (Wildman–Crippen LogP) is 7.89. The highest BCUT2D eigenvalue weighted by molar-refractivity contribution is 5.67. The van der Waals surface area contributed by atoms with Crippen LogP contribution in [-0.4, -0.2) is 6.36 Å². The largest absolute Gasteiger partial charge is 0.573 e. The molecule has 0 fully saturated rings. The Morgan fingerprint density at radius 2 is 1.67 bits per heavy atom. The Labute approximate surface area is 188 Å². The molecule has 0 N–H and O–H groups in total. The van der Waals surface area contributed by atoms with Gasteiger partial charge in [-0.05, 0) is 83.7 Å². The van der Waals surface area contributed by atoms with Crippen molar-refractivity contribution in [2.24, 2.45) is 0 Å². The topological polar surface area (TPSA) is 9.23 Å². The molecule has 3 aromatic carbocycles. The Kier molecular flexibility index (Phi) is 6.41. The number of rotatable bonds is 5. The van der Waals surface area contributed by atoms with E-state index in [4.69, 9.17) is 0 Å². The van der Waals surface area contributed by atoms with Crippen LogP contribution in [0.25, 0.3) is 11.1 Å². The fourth-order valence-corrected chi connectivity index (χ4v) is 4.55. The van der Waals surface area contributed by atoms with Crippen LogP contribution in [0.2, 0.25) is 0 Å². The summed E-state index contributed by atoms with van der Waals surface area (Å²) in [6.45, 7) is 2.02. The van der Waals surface area contributed by atoms with Crippen LogP contribution in [0, 0.1) is 17.5 Å². The molecule has 0 heterocycles. The fourth-order valence-electron chi connectivity index (χ4n) is 4.55. The van der Waals surface area contributed by atoms with Crippen molar-refractivity contribution >= 4 is 0 Å². The Morgan fingerprint density at radius 3 is 2.30 bits per heavy atom. The molecule has 174 valence electrons. The lowest BCUT2D eigenvalue weighted by molar-refractivity contribution is -0.274. The van der Waals surface area contributed by atoms with Crippen LogP contribution in [0.1, 0.15) is 47.9 Å². The molecule has 0 aromatic heterocycles. The third-order valence-corrected chi connectivity index (χ3v) is 6.04. The molecule has 0 radical (unpaired) electrons. The van der Waals surface area contributed by atoms with Gasteiger partial charge in [0.15, 0.2) is 0 Å². The molecule has 3 aromatic rings. The summed E-state index contributed by atoms with van der Waals surface area (Å²) in [5.74, 6) is -2.49. The van der Waals surface area contributed by atoms with E-state index in [1.807, 2.05) is 13.0 Å². The first-order valence-corrected chi connectivity index (χ1v) is 10.8. The van der Waals surface area contributed by atoms with E-state index in [0.717, 1.165) is 30.5 Å². The highest BCUT2D eigenvalue weighted by Crippen LogP contribution is 2.39. The standard InChI is InChI=1S/C26H22F6O/c1-2-3-15-4-10-20(22(27)12-15)17-7-11-21-18(13-17)14-23(28)24(25(21)29)16-5-8-19(9-6-16)33-26(30,31)32/h4-6,8-10,12,14,17H,2-3,7,11,13H2,1H3. The molecule has 4 rings (SSSR count). The third-order valence-electron chi connectivity index (χ3n) is 6.04. The molecule has 0 bridgehead atoms. The van der Waals surface area contributed by atoms with Crippen LogP contribution in [0.5, 0.6) is 5.75 Å². The average Bonchev–Trinajstić information content (AvgIpc) is 2.74. The minimum absolute atomic E-state index is 0.113. The zero-order valence-electron chi connectivity index (χ0n) is 17.9. The Balaban J connectivity index is 1.61. The first-order chi connectivity index (χ1) is 15.7. The summed E-state index contributed by atoms with van der Waals surface area (Å²) in [5, 5.41) is 0. The Bertz CT molecular complexity index is 1150. The second kappa shape index (κ2) is 9.12. The number of halogens is 6. The van der Waals surface area contributed by atoms with Gasteiger partial charge >= 0.3 is 6.36 Å². The smallest absolute Gasteiger partial charge is 0.406 e. The third kappa shape index (κ3) is 5.02. The number of benzene rings is 3. The minimum atomic E-state index is -4.85. The van der Waals surface area contributed by atoms with Crippen LogP contribution < -0.4 is 4.74 Å². The first kappa shape index (κ1) is 23.2. The van der Waals surface area contributed by atoms with E-state index in [1.54, 1.807) is 6.07 Å². The maximum atomic E-state index is 15.3. The van der Waals surface area contributed by atoms with E-state index in [1.165, 1.54) is 24.3 Å². The van der Waals surface area contributed by atoms with Gasteiger partial charge in [-0.15, -0.1) is 13.2 Å². The maximum Gasteiger partial charge on any atom is 0.573 e. The zero-order chi connectivity index (χ0) is 23.8. The van der Waals surface area contributed by atoms with Crippen LogP contribution in [0.15, 0.2) is 48.5 Å². The molecule has 0 spiro atoms. The van der Waals surface area contributed by atoms with Gasteiger partial charge in [-0.2, -0.15) is 0 Å². The van der Waals surface area contributed by atoms with Crippen molar-refractivity contribution in [1.29, 1.82) is 0 Å². The first-order valence-electron chi connectivity index (χ1n) is 10.8. The van der Waals surface area contributed by atoms with Gasteiger partial charge in [-0.25, -0.2) is 13.2 Å². The van der Waals surface area contributed by atoms with Crippen molar-refractivity contribution in [2.75, 3.05) is 0 Å². The molecule has 1 unspecified atom stereocenters. The van der Waals surface area contributed by atoms with Crippen molar-refractivity contribution in [3.05, 3.63) is 88.2 Å². The van der Waals surface area contributed by atoms with Gasteiger partial charge in [0.05, 0.1) is 5.56 Å². The summed E-state index contributed by atoms with van der Waals surface area (Å²) in [7, 11) is 0. The van der Waals surface area contributed by atoms with Crippen molar-refractivity contribution in [1.82, 2.24) is 0 Å². The Morgan fingerprint density at radius 1 is 0.939 bits per heavy atom. The monoisotopic (exact) mass is 464 g/mol. The lowest BCUT2D eigenvalue weighted by atomic mass is 9.78. The van der Waals surface area contributed by atoms with E-state index >= 15 is 4.39 Å². The fraction of sp³-hybridized carbons (Fsp3) is 0.308. The molecule has 1 aliphatic rings. The van der Waals surface area contributed by atoms with Gasteiger partial charge in [0.2, 0.25) is 0 Å². The van der Waals surface area contributed by atoms with E-state index in [9.17, 15) is 22.0 Å². The van der Waals surface area contributed by atoms with Crippen LogP contribution in [-0.2, 0) is 19.3 Å². The number of hydrogen-bond donors (Lipinski definition) is 0. The predicted molar refractivity (Wildman–Crippen MR) is 114 cm³/mol. The molecule has 0 saturated heterocycles. The molecule has 0 saturated carbocycles. The van der Waals surface area contributed by atoms with E-state index in [0.29, 0.717) is 36.0 Å². The van der Waals surface area contributed by atoms with Gasteiger partial charge in [0.1, 0.15) is 23.2 Å². The summed E-state index contributed by atoms with van der Waals surface area (Å²) in [6, 6.07) is 10.9. The van der Waals surface area contributed by atoms with E-state index in [-0.39, 0.29) is 22.9 Å². The van der Waals surface area contributed by atoms with Crippen LogP contribution >= 0.6 is 0 Å². The van der Waals surface area contributed by atoms with Gasteiger partial charge in [0, 0.05) is 0 Å². The lowest BCUT2D eigenvalue weighted by Gasteiger charge is -2.27. The highest BCUT2D eigenvalue weighted by atomic mass is 19.4. The second-order valence-corrected chi connectivity index (χ2v) is 8.30. The number of alkyl halides is 3. The van der Waals surface area contributed by atoms with Gasteiger partial charge < -0.3 is 4.74 Å². The highest BCUT2D eigenvalue weighted by Gasteiger charge is 2.31. The van der Waals surface area contributed by atoms with Crippen molar-refractivity contribution in [3.63, 3.8) is 0 Å². The van der Waals surface area contributed by atoms with Gasteiger partial charge in [-0.1, -0.05) is 37.6 Å².